The first-order valence-electron chi connectivity index (χ1n) is 4.28. The van der Waals surface area contributed by atoms with Crippen LogP contribution >= 0.6 is 0 Å². The van der Waals surface area contributed by atoms with Crippen LogP contribution in [0, 0.1) is 0 Å². The van der Waals surface area contributed by atoms with Gasteiger partial charge in [-0.05, 0) is 31.2 Å². The molecular weight excluding hydrogens is 194 g/mol. The summed E-state index contributed by atoms with van der Waals surface area (Å²) in [6.07, 6.45) is 4.33. The number of hydrogen-bond donors (Lipinski definition) is 0. The van der Waals surface area contributed by atoms with Gasteiger partial charge in [-0.15, -0.1) is 0 Å². The summed E-state index contributed by atoms with van der Waals surface area (Å²) < 4.78 is 4.92. The van der Waals surface area contributed by atoms with Gasteiger partial charge in [0.1, 0.15) is 5.75 Å². The zero-order valence-corrected chi connectivity index (χ0v) is 8.14. The lowest BCUT2D eigenvalue weighted by Crippen LogP contribution is -2.02. The number of ether oxygens (including phenoxy) is 1. The van der Waals surface area contributed by atoms with Gasteiger partial charge >= 0.3 is 5.97 Å². The van der Waals surface area contributed by atoms with Crippen molar-refractivity contribution in [2.75, 3.05) is 0 Å². The van der Waals surface area contributed by atoms with E-state index in [2.05, 4.69) is 4.99 Å². The summed E-state index contributed by atoms with van der Waals surface area (Å²) in [6.45, 7) is 1.73. The molecule has 0 aliphatic rings. The third-order valence-electron chi connectivity index (χ3n) is 1.53. The monoisotopic (exact) mass is 203 g/mol. The van der Waals surface area contributed by atoms with Gasteiger partial charge in [0.15, 0.2) is 0 Å². The molecule has 0 N–H and O–H groups in total. The highest BCUT2D eigenvalue weighted by molar-refractivity contribution is 5.83. The van der Waals surface area contributed by atoms with Gasteiger partial charge < -0.3 is 4.74 Å². The molecule has 15 heavy (non-hydrogen) atoms. The third-order valence-corrected chi connectivity index (χ3v) is 1.53. The van der Waals surface area contributed by atoms with Crippen molar-refractivity contribution in [2.24, 2.45) is 4.99 Å². The number of carbonyl (C=O) groups excluding carboxylic acids is 2. The first-order chi connectivity index (χ1) is 7.26. The first kappa shape index (κ1) is 10.9. The molecule has 0 aromatic heterocycles. The third kappa shape index (κ3) is 3.58. The van der Waals surface area contributed by atoms with Crippen molar-refractivity contribution in [3.63, 3.8) is 0 Å². The van der Waals surface area contributed by atoms with Gasteiger partial charge in [-0.1, -0.05) is 6.08 Å². The van der Waals surface area contributed by atoms with Gasteiger partial charge in [-0.3, -0.25) is 0 Å². The summed E-state index contributed by atoms with van der Waals surface area (Å²) in [5.41, 5.74) is 0.468. The smallest absolute Gasteiger partial charge is 0.335 e. The molecule has 0 spiro atoms. The minimum Gasteiger partial charge on any atom is -0.423 e. The normalized spacial score (nSPS) is 9.67. The number of rotatable bonds is 3. The van der Waals surface area contributed by atoms with Crippen molar-refractivity contribution in [1.82, 2.24) is 0 Å². The second kappa shape index (κ2) is 5.52. The van der Waals surface area contributed by atoms with Crippen LogP contribution in [0.15, 0.2) is 41.4 Å². The van der Waals surface area contributed by atoms with Crippen molar-refractivity contribution in [3.8, 4) is 5.75 Å². The van der Waals surface area contributed by atoms with Crippen molar-refractivity contribution < 1.29 is 14.3 Å². The van der Waals surface area contributed by atoms with Crippen LogP contribution in [0.4, 0.5) is 5.69 Å². The summed E-state index contributed by atoms with van der Waals surface area (Å²) in [5.74, 6) is -0.0351. The molecule has 0 heterocycles. The molecule has 0 fully saturated rings. The maximum atomic E-state index is 11.0. The summed E-state index contributed by atoms with van der Waals surface area (Å²) in [5, 5.41) is 0. The zero-order valence-electron chi connectivity index (χ0n) is 8.14. The number of hydrogen-bond acceptors (Lipinski definition) is 4. The Morgan fingerprint density at radius 2 is 2.07 bits per heavy atom. The largest absolute Gasteiger partial charge is 0.423 e. The Labute approximate surface area is 86.9 Å². The molecule has 4 nitrogen and oxygen atoms in total. The molecule has 1 aromatic rings. The standard InChI is InChI=1S/C11H9NO3/c1-2-3-11(14)15-10-6-4-9(5-7-10)12-8-13/h2-7H,1H3. The van der Waals surface area contributed by atoms with Crippen LogP contribution in [0.1, 0.15) is 6.92 Å². The van der Waals surface area contributed by atoms with Crippen LogP contribution in [0.5, 0.6) is 5.75 Å². The molecule has 76 valence electrons. The molecule has 0 aliphatic heterocycles. The van der Waals surface area contributed by atoms with E-state index in [0.717, 1.165) is 0 Å². The molecule has 0 atom stereocenters. The minimum atomic E-state index is -0.441. The Balaban J connectivity index is 2.72. The molecule has 0 aliphatic carbocycles. The molecule has 0 radical (unpaired) electrons. The van der Waals surface area contributed by atoms with Crippen LogP contribution in [-0.4, -0.2) is 12.0 Å². The minimum absolute atomic E-state index is 0.406. The van der Waals surface area contributed by atoms with E-state index in [1.807, 2.05) is 0 Å². The highest BCUT2D eigenvalue weighted by Gasteiger charge is 1.99. The van der Waals surface area contributed by atoms with E-state index in [1.54, 1.807) is 37.3 Å². The lowest BCUT2D eigenvalue weighted by atomic mass is 10.3. The second-order valence-electron chi connectivity index (χ2n) is 2.62. The average Bonchev–Trinajstić information content (AvgIpc) is 2.22. The fourth-order valence-corrected chi connectivity index (χ4v) is 0.928. The highest BCUT2D eigenvalue weighted by atomic mass is 16.5. The number of allylic oxidation sites excluding steroid dienone is 1. The molecule has 1 aromatic carbocycles. The number of aliphatic imine (C=N–C) groups is 1. The van der Waals surface area contributed by atoms with Crippen molar-refractivity contribution in [1.29, 1.82) is 0 Å². The maximum Gasteiger partial charge on any atom is 0.335 e. The molecule has 1 rings (SSSR count). The van der Waals surface area contributed by atoms with Crippen LogP contribution in [0.3, 0.4) is 0 Å². The predicted molar refractivity (Wildman–Crippen MR) is 54.7 cm³/mol. The lowest BCUT2D eigenvalue weighted by molar-refractivity contribution is -0.129. The lowest BCUT2D eigenvalue weighted by Gasteiger charge is -2.00. The molecule has 4 heteroatoms. The predicted octanol–water partition coefficient (Wildman–Crippen LogP) is 2.14. The van der Waals surface area contributed by atoms with Gasteiger partial charge in [-0.25, -0.2) is 9.59 Å². The van der Waals surface area contributed by atoms with Crippen molar-refractivity contribution >= 4 is 17.7 Å². The summed E-state index contributed by atoms with van der Waals surface area (Å²) in [7, 11) is 0. The van der Waals surface area contributed by atoms with Gasteiger partial charge in [0.2, 0.25) is 6.08 Å². The Bertz CT molecular complexity index is 414. The number of isocyanates is 1. The van der Waals surface area contributed by atoms with Crippen LogP contribution in [0.2, 0.25) is 0 Å². The molecule has 0 bridgehead atoms. The molecule has 0 saturated heterocycles. The molecule has 0 amide bonds. The maximum absolute atomic E-state index is 11.0. The highest BCUT2D eigenvalue weighted by Crippen LogP contribution is 2.17. The van der Waals surface area contributed by atoms with Gasteiger partial charge in [-0.2, -0.15) is 4.99 Å². The second-order valence-corrected chi connectivity index (χ2v) is 2.62. The Morgan fingerprint density at radius 1 is 1.40 bits per heavy atom. The van der Waals surface area contributed by atoms with E-state index >= 15 is 0 Å². The summed E-state index contributed by atoms with van der Waals surface area (Å²) in [4.78, 5) is 24.4. The quantitative estimate of drug-likeness (QED) is 0.248. The van der Waals surface area contributed by atoms with E-state index in [0.29, 0.717) is 11.4 Å². The Hall–Kier alpha value is -2.19. The number of carbonyl (C=O) groups is 1. The summed E-state index contributed by atoms with van der Waals surface area (Å²) >= 11 is 0. The fraction of sp³-hybridized carbons (Fsp3) is 0.0909. The van der Waals surface area contributed by atoms with Crippen LogP contribution in [0.25, 0.3) is 0 Å². The van der Waals surface area contributed by atoms with E-state index < -0.39 is 5.97 Å². The van der Waals surface area contributed by atoms with Gasteiger partial charge in [0, 0.05) is 6.08 Å². The number of benzene rings is 1. The van der Waals surface area contributed by atoms with Crippen molar-refractivity contribution in [3.05, 3.63) is 36.4 Å². The first-order valence-corrected chi connectivity index (χ1v) is 4.28. The fourth-order valence-electron chi connectivity index (χ4n) is 0.928. The Kier molecular flexibility index (Phi) is 4.01. The zero-order chi connectivity index (χ0) is 11.1. The Morgan fingerprint density at radius 3 is 2.60 bits per heavy atom. The van der Waals surface area contributed by atoms with E-state index in [1.165, 1.54) is 12.2 Å². The van der Waals surface area contributed by atoms with Crippen LogP contribution < -0.4 is 4.74 Å². The molecular formula is C11H9NO3. The van der Waals surface area contributed by atoms with Gasteiger partial charge in [0.05, 0.1) is 5.69 Å². The SMILES string of the molecule is CC=CC(=O)Oc1ccc(N=C=O)cc1. The topological polar surface area (TPSA) is 55.7 Å². The van der Waals surface area contributed by atoms with E-state index in [-0.39, 0.29) is 0 Å². The van der Waals surface area contributed by atoms with E-state index in [9.17, 15) is 9.59 Å². The van der Waals surface area contributed by atoms with Gasteiger partial charge in [0.25, 0.3) is 0 Å². The van der Waals surface area contributed by atoms with Crippen molar-refractivity contribution in [2.45, 2.75) is 6.92 Å². The van der Waals surface area contributed by atoms with E-state index in [4.69, 9.17) is 4.74 Å². The molecule has 0 saturated carbocycles. The molecule has 0 unspecified atom stereocenters. The number of nitrogens with zero attached hydrogens (tertiary/aromatic N) is 1. The average molecular weight is 203 g/mol. The van der Waals surface area contributed by atoms with Crippen LogP contribution in [-0.2, 0) is 9.59 Å². The summed E-state index contributed by atoms with van der Waals surface area (Å²) in [6, 6.07) is 6.22. The number of esters is 1.